The fourth-order valence-electron chi connectivity index (χ4n) is 4.80. The number of aryl methyl sites for hydroxylation is 3. The van der Waals surface area contributed by atoms with E-state index >= 15 is 0 Å². The van der Waals surface area contributed by atoms with Gasteiger partial charge in [0, 0.05) is 45.4 Å². The highest BCUT2D eigenvalue weighted by molar-refractivity contribution is 6.08. The molecule has 0 aliphatic heterocycles. The summed E-state index contributed by atoms with van der Waals surface area (Å²) in [5.41, 5.74) is 8.79. The van der Waals surface area contributed by atoms with Crippen LogP contribution in [0.5, 0.6) is 0 Å². The van der Waals surface area contributed by atoms with E-state index in [1.807, 2.05) is 12.1 Å². The normalized spacial score (nSPS) is 10.8. The Morgan fingerprint density at radius 2 is 1.00 bits per heavy atom. The minimum absolute atomic E-state index is 1.02. The molecule has 0 unspecified atom stereocenters. The molecule has 178 valence electrons. The lowest BCUT2D eigenvalue weighted by atomic mass is 10.1. The first-order chi connectivity index (χ1) is 17.7. The predicted molar refractivity (Wildman–Crippen MR) is 156 cm³/mol. The van der Waals surface area contributed by atoms with E-state index in [2.05, 4.69) is 145 Å². The van der Waals surface area contributed by atoms with Crippen LogP contribution in [0.15, 0.2) is 127 Å². The predicted octanol–water partition coefficient (Wildman–Crippen LogP) is 9.59. The zero-order valence-corrected chi connectivity index (χ0v) is 21.2. The lowest BCUT2D eigenvalue weighted by molar-refractivity contribution is 0.827. The van der Waals surface area contributed by atoms with Gasteiger partial charge in [0.05, 0.1) is 0 Å². The van der Waals surface area contributed by atoms with Crippen molar-refractivity contribution in [1.82, 2.24) is 4.57 Å². The molecule has 6 aromatic rings. The Hall–Kier alpha value is -4.30. The molecule has 0 aliphatic carbocycles. The summed E-state index contributed by atoms with van der Waals surface area (Å²) >= 11 is 0. The largest absolute Gasteiger partial charge is 0.341 e. The smallest absolute Gasteiger partial charge is 0.0491 e. The van der Waals surface area contributed by atoms with Gasteiger partial charge >= 0.3 is 0 Å². The van der Waals surface area contributed by atoms with E-state index in [0.29, 0.717) is 0 Å². The van der Waals surface area contributed by atoms with Crippen LogP contribution in [0.25, 0.3) is 21.8 Å². The number of nitrogens with zero attached hydrogens (tertiary/aromatic N) is 2. The van der Waals surface area contributed by atoms with E-state index in [4.69, 9.17) is 0 Å². The molecule has 0 spiro atoms. The number of benzene rings is 5. The van der Waals surface area contributed by atoms with Gasteiger partial charge in [0.2, 0.25) is 0 Å². The maximum absolute atomic E-state index is 2.38. The molecule has 36 heavy (non-hydrogen) atoms. The van der Waals surface area contributed by atoms with Crippen LogP contribution in [0, 0.1) is 13.8 Å². The Labute approximate surface area is 214 Å². The molecule has 0 amide bonds. The summed E-state index contributed by atoms with van der Waals surface area (Å²) < 4.78 is 2.38. The van der Waals surface area contributed by atoms with Crippen molar-refractivity contribution < 1.29 is 0 Å². The quantitative estimate of drug-likeness (QED) is 0.250. The van der Waals surface area contributed by atoms with E-state index in [1.54, 1.807) is 0 Å². The molecular formula is C34H32N2. The fraction of sp³-hybridized carbons (Fsp3) is 0.118. The summed E-state index contributed by atoms with van der Waals surface area (Å²) in [6, 6.07) is 44.8. The van der Waals surface area contributed by atoms with Gasteiger partial charge in [-0.2, -0.15) is 0 Å². The topological polar surface area (TPSA) is 8.17 Å². The first-order valence-electron chi connectivity index (χ1n) is 12.6. The van der Waals surface area contributed by atoms with Gasteiger partial charge in [0.15, 0.2) is 0 Å². The van der Waals surface area contributed by atoms with Crippen molar-refractivity contribution in [2.75, 3.05) is 4.90 Å². The summed E-state index contributed by atoms with van der Waals surface area (Å²) in [4.78, 5) is 2.26. The molecule has 2 nitrogen and oxygen atoms in total. The van der Waals surface area contributed by atoms with Gasteiger partial charge in [-0.1, -0.05) is 83.9 Å². The Balaban J connectivity index is 0.000000152. The lowest BCUT2D eigenvalue weighted by Crippen LogP contribution is -2.09. The first kappa shape index (κ1) is 23.4. The van der Waals surface area contributed by atoms with Gasteiger partial charge in [-0.15, -0.1) is 0 Å². The summed E-state index contributed by atoms with van der Waals surface area (Å²) in [6.45, 7) is 7.48. The molecule has 0 saturated carbocycles. The maximum Gasteiger partial charge on any atom is 0.0491 e. The molecule has 1 aromatic heterocycles. The van der Waals surface area contributed by atoms with Crippen LogP contribution in [-0.4, -0.2) is 4.57 Å². The number of hydrogen-bond donors (Lipinski definition) is 0. The van der Waals surface area contributed by atoms with Gasteiger partial charge in [0.25, 0.3) is 0 Å². The average Bonchev–Trinajstić information content (AvgIpc) is 3.24. The summed E-state index contributed by atoms with van der Waals surface area (Å²) in [6.07, 6.45) is 0. The lowest BCUT2D eigenvalue weighted by Gasteiger charge is -2.25. The van der Waals surface area contributed by atoms with Crippen LogP contribution in [0.4, 0.5) is 17.1 Å². The molecule has 0 fully saturated rings. The van der Waals surface area contributed by atoms with E-state index in [-0.39, 0.29) is 0 Å². The van der Waals surface area contributed by atoms with Crippen LogP contribution in [0.3, 0.4) is 0 Å². The SMILES string of the molecule is CCn1c2ccccc2c2cc(C)ccc21.Cc1ccc(N(c2ccccc2)c2ccccc2)cc1. The third kappa shape index (κ3) is 4.76. The number of anilines is 3. The Morgan fingerprint density at radius 3 is 1.61 bits per heavy atom. The Bertz CT molecular complexity index is 1520. The molecule has 0 radical (unpaired) electrons. The number of para-hydroxylation sites is 3. The van der Waals surface area contributed by atoms with Crippen LogP contribution < -0.4 is 4.90 Å². The molecule has 0 atom stereocenters. The third-order valence-electron chi connectivity index (χ3n) is 6.57. The van der Waals surface area contributed by atoms with Gasteiger partial charge in [-0.25, -0.2) is 0 Å². The monoisotopic (exact) mass is 468 g/mol. The standard InChI is InChI=1S/C19H17N.C15H15N/c1-16-12-14-19(15-13-16)20(17-8-4-2-5-9-17)18-10-6-3-7-11-18;1-3-16-14-7-5-4-6-12(14)13-10-11(2)8-9-15(13)16/h2-15H,1H3;4-10H,3H2,1-2H3. The fourth-order valence-corrected chi connectivity index (χ4v) is 4.80. The summed E-state index contributed by atoms with van der Waals surface area (Å²) in [5, 5.41) is 2.74. The van der Waals surface area contributed by atoms with Crippen LogP contribution in [0.1, 0.15) is 18.1 Å². The number of hydrogen-bond acceptors (Lipinski definition) is 1. The van der Waals surface area contributed by atoms with Crippen LogP contribution in [0.2, 0.25) is 0 Å². The van der Waals surface area contributed by atoms with Crippen molar-refractivity contribution >= 4 is 38.9 Å². The van der Waals surface area contributed by atoms with Crippen molar-refractivity contribution in [2.24, 2.45) is 0 Å². The second-order valence-corrected chi connectivity index (χ2v) is 9.12. The number of aromatic nitrogens is 1. The Morgan fingerprint density at radius 1 is 0.500 bits per heavy atom. The van der Waals surface area contributed by atoms with Crippen molar-refractivity contribution in [3.8, 4) is 0 Å². The molecular weight excluding hydrogens is 436 g/mol. The number of rotatable bonds is 4. The minimum atomic E-state index is 1.02. The molecule has 0 bridgehead atoms. The summed E-state index contributed by atoms with van der Waals surface area (Å²) in [5.74, 6) is 0. The van der Waals surface area contributed by atoms with Crippen LogP contribution in [-0.2, 0) is 6.54 Å². The van der Waals surface area contributed by atoms with Gasteiger partial charge in [-0.3, -0.25) is 0 Å². The van der Waals surface area contributed by atoms with E-state index in [0.717, 1.165) is 6.54 Å². The first-order valence-corrected chi connectivity index (χ1v) is 12.6. The van der Waals surface area contributed by atoms with Crippen molar-refractivity contribution in [3.05, 3.63) is 139 Å². The van der Waals surface area contributed by atoms with E-state index in [1.165, 1.54) is 50.0 Å². The Kier molecular flexibility index (Phi) is 6.86. The van der Waals surface area contributed by atoms with E-state index < -0.39 is 0 Å². The van der Waals surface area contributed by atoms with Crippen molar-refractivity contribution in [3.63, 3.8) is 0 Å². The van der Waals surface area contributed by atoms with Crippen molar-refractivity contribution in [2.45, 2.75) is 27.3 Å². The highest BCUT2D eigenvalue weighted by Crippen LogP contribution is 2.34. The van der Waals surface area contributed by atoms with Gasteiger partial charge in [-0.05, 0) is 75.4 Å². The minimum Gasteiger partial charge on any atom is -0.341 e. The van der Waals surface area contributed by atoms with E-state index in [9.17, 15) is 0 Å². The zero-order valence-electron chi connectivity index (χ0n) is 21.2. The molecule has 0 N–H and O–H groups in total. The maximum atomic E-state index is 2.38. The highest BCUT2D eigenvalue weighted by Gasteiger charge is 2.11. The molecule has 5 aromatic carbocycles. The molecule has 0 saturated heterocycles. The van der Waals surface area contributed by atoms with Crippen molar-refractivity contribution in [1.29, 1.82) is 0 Å². The third-order valence-corrected chi connectivity index (χ3v) is 6.57. The highest BCUT2D eigenvalue weighted by atomic mass is 15.1. The molecule has 6 rings (SSSR count). The summed E-state index contributed by atoms with van der Waals surface area (Å²) in [7, 11) is 0. The zero-order chi connectivity index (χ0) is 24.9. The molecule has 2 heteroatoms. The number of fused-ring (bicyclic) bond motifs is 3. The second kappa shape index (κ2) is 10.5. The van der Waals surface area contributed by atoms with Gasteiger partial charge < -0.3 is 9.47 Å². The van der Waals surface area contributed by atoms with Crippen LogP contribution >= 0.6 is 0 Å². The molecule has 1 heterocycles. The average molecular weight is 469 g/mol. The van der Waals surface area contributed by atoms with Gasteiger partial charge in [0.1, 0.15) is 0 Å². The second-order valence-electron chi connectivity index (χ2n) is 9.12. The molecule has 0 aliphatic rings.